The van der Waals surface area contributed by atoms with Crippen LogP contribution in [-0.2, 0) is 5.54 Å². The van der Waals surface area contributed by atoms with Gasteiger partial charge in [-0.2, -0.15) is 5.26 Å². The van der Waals surface area contributed by atoms with Gasteiger partial charge in [-0.05, 0) is 27.1 Å². The third-order valence-electron chi connectivity index (χ3n) is 2.74. The first kappa shape index (κ1) is 11.5. The molecule has 0 spiro atoms. The van der Waals surface area contributed by atoms with Crippen molar-refractivity contribution in [3.8, 4) is 11.8 Å². The largest absolute Gasteiger partial charge is 0.496 e. The maximum atomic E-state index is 9.28. The number of rotatable bonds is 3. The monoisotopic (exact) mass is 204 g/mol. The van der Waals surface area contributed by atoms with Crippen molar-refractivity contribution in [1.29, 1.82) is 5.26 Å². The van der Waals surface area contributed by atoms with Gasteiger partial charge < -0.3 is 4.74 Å². The highest BCUT2D eigenvalue weighted by Crippen LogP contribution is 2.32. The highest BCUT2D eigenvalue weighted by atomic mass is 16.5. The third-order valence-corrected chi connectivity index (χ3v) is 2.74. The summed E-state index contributed by atoms with van der Waals surface area (Å²) in [6, 6.07) is 9.92. The van der Waals surface area contributed by atoms with Crippen molar-refractivity contribution in [1.82, 2.24) is 4.90 Å². The van der Waals surface area contributed by atoms with Crippen LogP contribution in [0.2, 0.25) is 0 Å². The van der Waals surface area contributed by atoms with Crippen LogP contribution < -0.4 is 4.74 Å². The smallest absolute Gasteiger partial charge is 0.135 e. The lowest BCUT2D eigenvalue weighted by molar-refractivity contribution is 0.234. The number of nitrogens with zero attached hydrogens (tertiary/aromatic N) is 2. The second kappa shape index (κ2) is 4.33. The standard InChI is InChI=1S/C12H16N2O/c1-12(9-13,14(2)3)10-7-5-6-8-11(10)15-4/h5-8H,1-4H3. The molecule has 0 N–H and O–H groups in total. The summed E-state index contributed by atoms with van der Waals surface area (Å²) in [6.45, 7) is 1.88. The molecule has 0 aliphatic carbocycles. The quantitative estimate of drug-likeness (QED) is 0.755. The Kier molecular flexibility index (Phi) is 3.33. The molecule has 1 unspecified atom stereocenters. The summed E-state index contributed by atoms with van der Waals surface area (Å²) >= 11 is 0. The molecular weight excluding hydrogens is 188 g/mol. The zero-order valence-corrected chi connectivity index (χ0v) is 9.61. The minimum atomic E-state index is -0.660. The summed E-state index contributed by atoms with van der Waals surface area (Å²) in [5.41, 5.74) is 0.229. The van der Waals surface area contributed by atoms with Gasteiger partial charge in [-0.3, -0.25) is 4.90 Å². The van der Waals surface area contributed by atoms with Gasteiger partial charge in [0, 0.05) is 5.56 Å². The summed E-state index contributed by atoms with van der Waals surface area (Å²) < 4.78 is 5.27. The van der Waals surface area contributed by atoms with Crippen LogP contribution >= 0.6 is 0 Å². The highest BCUT2D eigenvalue weighted by molar-refractivity contribution is 5.42. The van der Waals surface area contributed by atoms with Crippen LogP contribution in [0.4, 0.5) is 0 Å². The molecule has 1 rings (SSSR count). The van der Waals surface area contributed by atoms with Crippen LogP contribution in [0, 0.1) is 11.3 Å². The predicted octanol–water partition coefficient (Wildman–Crippen LogP) is 2.00. The molecule has 0 amide bonds. The van der Waals surface area contributed by atoms with Gasteiger partial charge in [0.25, 0.3) is 0 Å². The van der Waals surface area contributed by atoms with Gasteiger partial charge in [-0.15, -0.1) is 0 Å². The van der Waals surface area contributed by atoms with Crippen molar-refractivity contribution < 1.29 is 4.74 Å². The van der Waals surface area contributed by atoms with E-state index in [1.54, 1.807) is 7.11 Å². The number of benzene rings is 1. The topological polar surface area (TPSA) is 36.3 Å². The van der Waals surface area contributed by atoms with Crippen molar-refractivity contribution in [3.05, 3.63) is 29.8 Å². The number of hydrogen-bond donors (Lipinski definition) is 0. The van der Waals surface area contributed by atoms with Crippen molar-refractivity contribution in [2.45, 2.75) is 12.5 Å². The van der Waals surface area contributed by atoms with Crippen LogP contribution in [0.1, 0.15) is 12.5 Å². The Hall–Kier alpha value is -1.53. The summed E-state index contributed by atoms with van der Waals surface area (Å²) in [6.07, 6.45) is 0. The molecule has 3 nitrogen and oxygen atoms in total. The van der Waals surface area contributed by atoms with Crippen molar-refractivity contribution in [2.75, 3.05) is 21.2 Å². The number of hydrogen-bond acceptors (Lipinski definition) is 3. The number of ether oxygens (including phenoxy) is 1. The average Bonchev–Trinajstić information content (AvgIpc) is 2.27. The third kappa shape index (κ3) is 1.95. The van der Waals surface area contributed by atoms with Crippen LogP contribution in [-0.4, -0.2) is 26.1 Å². The molecule has 0 radical (unpaired) electrons. The Morgan fingerprint density at radius 1 is 1.33 bits per heavy atom. The van der Waals surface area contributed by atoms with Gasteiger partial charge in [-0.1, -0.05) is 18.2 Å². The van der Waals surface area contributed by atoms with E-state index in [4.69, 9.17) is 4.74 Å². The first-order valence-corrected chi connectivity index (χ1v) is 4.78. The Bertz CT molecular complexity index is 381. The van der Waals surface area contributed by atoms with Crippen LogP contribution in [0.3, 0.4) is 0 Å². The average molecular weight is 204 g/mol. The summed E-state index contributed by atoms with van der Waals surface area (Å²) in [5.74, 6) is 0.746. The molecule has 15 heavy (non-hydrogen) atoms. The molecule has 3 heteroatoms. The van der Waals surface area contributed by atoms with Crippen LogP contribution in [0.15, 0.2) is 24.3 Å². The van der Waals surface area contributed by atoms with Gasteiger partial charge >= 0.3 is 0 Å². The zero-order valence-electron chi connectivity index (χ0n) is 9.61. The predicted molar refractivity (Wildman–Crippen MR) is 59.6 cm³/mol. The Morgan fingerprint density at radius 2 is 1.93 bits per heavy atom. The molecule has 0 aromatic heterocycles. The van der Waals surface area contributed by atoms with E-state index in [2.05, 4.69) is 6.07 Å². The van der Waals surface area contributed by atoms with Gasteiger partial charge in [0.15, 0.2) is 0 Å². The SMILES string of the molecule is COc1ccccc1C(C)(C#N)N(C)C. The van der Waals surface area contributed by atoms with E-state index in [9.17, 15) is 5.26 Å². The summed E-state index contributed by atoms with van der Waals surface area (Å²) in [7, 11) is 5.39. The van der Waals surface area contributed by atoms with E-state index in [1.807, 2.05) is 50.2 Å². The minimum Gasteiger partial charge on any atom is -0.496 e. The second-order valence-corrected chi connectivity index (χ2v) is 3.78. The lowest BCUT2D eigenvalue weighted by atomic mass is 9.91. The van der Waals surface area contributed by atoms with E-state index >= 15 is 0 Å². The molecule has 0 aliphatic rings. The van der Waals surface area contributed by atoms with E-state index < -0.39 is 5.54 Å². The van der Waals surface area contributed by atoms with Gasteiger partial charge in [-0.25, -0.2) is 0 Å². The fraction of sp³-hybridized carbons (Fsp3) is 0.417. The van der Waals surface area contributed by atoms with E-state index in [-0.39, 0.29) is 0 Å². The summed E-state index contributed by atoms with van der Waals surface area (Å²) in [4.78, 5) is 1.88. The zero-order chi connectivity index (χ0) is 11.5. The highest BCUT2D eigenvalue weighted by Gasteiger charge is 2.31. The lowest BCUT2D eigenvalue weighted by Gasteiger charge is -2.30. The Balaban J connectivity index is 3.31. The first-order chi connectivity index (χ1) is 7.06. The number of para-hydroxylation sites is 1. The molecule has 0 saturated heterocycles. The van der Waals surface area contributed by atoms with Crippen molar-refractivity contribution >= 4 is 0 Å². The normalized spacial score (nSPS) is 14.4. The molecule has 1 aromatic carbocycles. The van der Waals surface area contributed by atoms with E-state index in [1.165, 1.54) is 0 Å². The molecule has 0 bridgehead atoms. The van der Waals surface area contributed by atoms with Crippen LogP contribution in [0.5, 0.6) is 5.75 Å². The molecular formula is C12H16N2O. The number of nitriles is 1. The molecule has 0 saturated carbocycles. The molecule has 0 fully saturated rings. The second-order valence-electron chi connectivity index (χ2n) is 3.78. The summed E-state index contributed by atoms with van der Waals surface area (Å²) in [5, 5.41) is 9.28. The van der Waals surface area contributed by atoms with Gasteiger partial charge in [0.2, 0.25) is 0 Å². The first-order valence-electron chi connectivity index (χ1n) is 4.78. The number of methoxy groups -OCH3 is 1. The van der Waals surface area contributed by atoms with Gasteiger partial charge in [0.1, 0.15) is 11.3 Å². The molecule has 1 atom stereocenters. The molecule has 1 aromatic rings. The van der Waals surface area contributed by atoms with Crippen molar-refractivity contribution in [3.63, 3.8) is 0 Å². The fourth-order valence-corrected chi connectivity index (χ4v) is 1.45. The van der Waals surface area contributed by atoms with Crippen LogP contribution in [0.25, 0.3) is 0 Å². The van der Waals surface area contributed by atoms with Gasteiger partial charge in [0.05, 0.1) is 13.2 Å². The maximum Gasteiger partial charge on any atom is 0.135 e. The maximum absolute atomic E-state index is 9.28. The molecule has 0 heterocycles. The molecule has 80 valence electrons. The Morgan fingerprint density at radius 3 is 2.40 bits per heavy atom. The Labute approximate surface area is 90.9 Å². The van der Waals surface area contributed by atoms with Crippen molar-refractivity contribution in [2.24, 2.45) is 0 Å². The fourth-order valence-electron chi connectivity index (χ4n) is 1.45. The molecule has 0 aliphatic heterocycles. The van der Waals surface area contributed by atoms with E-state index in [0.717, 1.165) is 11.3 Å². The van der Waals surface area contributed by atoms with E-state index in [0.29, 0.717) is 0 Å². The minimum absolute atomic E-state index is 0.660. The lowest BCUT2D eigenvalue weighted by Crippen LogP contribution is -2.37.